The zero-order chi connectivity index (χ0) is 13.0. The zero-order valence-electron chi connectivity index (χ0n) is 10.1. The molecular weight excluding hydrogens is 246 g/mol. The van der Waals surface area contributed by atoms with Crippen molar-refractivity contribution in [3.05, 3.63) is 35.8 Å². The smallest absolute Gasteiger partial charge is 0.241 e. The molecule has 0 aliphatic rings. The first-order chi connectivity index (χ1) is 8.70. The number of hydrogen-bond donors (Lipinski definition) is 2. The highest BCUT2D eigenvalue weighted by Gasteiger charge is 2.11. The van der Waals surface area contributed by atoms with Crippen LogP contribution in [0.3, 0.4) is 0 Å². The normalized spacial score (nSPS) is 12.1. The molecule has 0 spiro atoms. The highest BCUT2D eigenvalue weighted by molar-refractivity contribution is 7.13. The Morgan fingerprint density at radius 2 is 2.39 bits per heavy atom. The molecule has 0 aliphatic heterocycles. The number of nitrogens with one attached hydrogen (secondary N) is 1. The van der Waals surface area contributed by atoms with Crippen molar-refractivity contribution in [2.24, 2.45) is 5.73 Å². The molecule has 1 aromatic carbocycles. The molecule has 2 aromatic rings. The summed E-state index contributed by atoms with van der Waals surface area (Å²) in [7, 11) is 0. The number of hydrogen-bond acceptors (Lipinski definition) is 4. The van der Waals surface area contributed by atoms with Crippen molar-refractivity contribution in [3.8, 4) is 10.6 Å². The van der Waals surface area contributed by atoms with E-state index in [0.717, 1.165) is 16.3 Å². The molecule has 0 saturated heterocycles. The Balaban J connectivity index is 2.16. The molecule has 3 N–H and O–H groups in total. The van der Waals surface area contributed by atoms with Crippen LogP contribution in [0.2, 0.25) is 0 Å². The lowest BCUT2D eigenvalue weighted by molar-refractivity contribution is -0.117. The number of thiazole rings is 1. The van der Waals surface area contributed by atoms with Gasteiger partial charge in [0.1, 0.15) is 5.01 Å². The third-order valence-corrected chi connectivity index (χ3v) is 3.41. The molecular formula is C13H15N3OS. The molecule has 1 atom stereocenters. The number of carbonyl (C=O) groups excluding carboxylic acids is 1. The summed E-state index contributed by atoms with van der Waals surface area (Å²) in [5, 5.41) is 5.67. The van der Waals surface area contributed by atoms with E-state index < -0.39 is 6.04 Å². The standard InChI is InChI=1S/C13H15N3OS/c1-2-11(14)12(17)16-10-5-3-4-9(8-10)13-15-6-7-18-13/h3-8,11H,2,14H2,1H3,(H,16,17)/t11-/m0/s1. The van der Waals surface area contributed by atoms with E-state index in [1.54, 1.807) is 17.5 Å². The van der Waals surface area contributed by atoms with Crippen LogP contribution in [0.25, 0.3) is 10.6 Å². The van der Waals surface area contributed by atoms with Crippen molar-refractivity contribution < 1.29 is 4.79 Å². The van der Waals surface area contributed by atoms with Crippen molar-refractivity contribution >= 4 is 22.9 Å². The van der Waals surface area contributed by atoms with Crippen LogP contribution in [0, 0.1) is 0 Å². The van der Waals surface area contributed by atoms with Crippen molar-refractivity contribution in [1.29, 1.82) is 0 Å². The first-order valence-electron chi connectivity index (χ1n) is 5.77. The average Bonchev–Trinajstić information content (AvgIpc) is 2.92. The Kier molecular flexibility index (Phi) is 4.07. The van der Waals surface area contributed by atoms with Crippen molar-refractivity contribution in [2.75, 3.05) is 5.32 Å². The molecule has 2 rings (SSSR count). The Labute approximate surface area is 110 Å². The SMILES string of the molecule is CC[C@H](N)C(=O)Nc1cccc(-c2nccs2)c1. The molecule has 4 nitrogen and oxygen atoms in total. The summed E-state index contributed by atoms with van der Waals surface area (Å²) in [5.74, 6) is -0.159. The number of benzene rings is 1. The third-order valence-electron chi connectivity index (χ3n) is 2.59. The monoisotopic (exact) mass is 261 g/mol. The molecule has 0 bridgehead atoms. The van der Waals surface area contributed by atoms with Gasteiger partial charge in [-0.3, -0.25) is 4.79 Å². The molecule has 18 heavy (non-hydrogen) atoms. The van der Waals surface area contributed by atoms with Gasteiger partial charge in [0.05, 0.1) is 6.04 Å². The van der Waals surface area contributed by atoms with Crippen molar-refractivity contribution in [2.45, 2.75) is 19.4 Å². The van der Waals surface area contributed by atoms with Gasteiger partial charge >= 0.3 is 0 Å². The van der Waals surface area contributed by atoms with Gasteiger partial charge in [0.25, 0.3) is 0 Å². The highest BCUT2D eigenvalue weighted by atomic mass is 32.1. The molecule has 0 saturated carbocycles. The summed E-state index contributed by atoms with van der Waals surface area (Å²) >= 11 is 1.57. The Bertz CT molecular complexity index is 525. The fourth-order valence-corrected chi connectivity index (χ4v) is 2.15. The largest absolute Gasteiger partial charge is 0.325 e. The van der Waals surface area contributed by atoms with Crippen molar-refractivity contribution in [1.82, 2.24) is 4.98 Å². The number of nitrogens with two attached hydrogens (primary N) is 1. The molecule has 5 heteroatoms. The maximum atomic E-state index is 11.7. The first kappa shape index (κ1) is 12.7. The van der Waals surface area contributed by atoms with Crippen LogP contribution in [0.5, 0.6) is 0 Å². The van der Waals surface area contributed by atoms with Gasteiger partial charge in [-0.25, -0.2) is 4.98 Å². The maximum Gasteiger partial charge on any atom is 0.241 e. The van der Waals surface area contributed by atoms with Gasteiger partial charge in [-0.15, -0.1) is 11.3 Å². The van der Waals surface area contributed by atoms with Crippen LogP contribution < -0.4 is 11.1 Å². The second-order valence-electron chi connectivity index (χ2n) is 3.92. The van der Waals surface area contributed by atoms with Crippen LogP contribution in [-0.2, 0) is 4.79 Å². The average molecular weight is 261 g/mol. The molecule has 0 unspecified atom stereocenters. The van der Waals surface area contributed by atoms with Gasteiger partial charge in [-0.2, -0.15) is 0 Å². The van der Waals surface area contributed by atoms with E-state index in [1.165, 1.54) is 0 Å². The van der Waals surface area contributed by atoms with Crippen molar-refractivity contribution in [3.63, 3.8) is 0 Å². The fraction of sp³-hybridized carbons (Fsp3) is 0.231. The Morgan fingerprint density at radius 3 is 3.06 bits per heavy atom. The van der Waals surface area contributed by atoms with Gasteiger partial charge in [0.15, 0.2) is 0 Å². The van der Waals surface area contributed by atoms with E-state index in [2.05, 4.69) is 10.3 Å². The van der Waals surface area contributed by atoms with E-state index in [4.69, 9.17) is 5.73 Å². The van der Waals surface area contributed by atoms with E-state index >= 15 is 0 Å². The second-order valence-corrected chi connectivity index (χ2v) is 4.82. The molecule has 0 aliphatic carbocycles. The number of nitrogens with zero attached hydrogens (tertiary/aromatic N) is 1. The summed E-state index contributed by atoms with van der Waals surface area (Å²) in [5.41, 5.74) is 7.41. The van der Waals surface area contributed by atoms with E-state index in [9.17, 15) is 4.79 Å². The third kappa shape index (κ3) is 2.94. The number of carbonyl (C=O) groups is 1. The maximum absolute atomic E-state index is 11.7. The van der Waals surface area contributed by atoms with Gasteiger partial charge in [0.2, 0.25) is 5.91 Å². The lowest BCUT2D eigenvalue weighted by Gasteiger charge is -2.10. The molecule has 1 amide bonds. The van der Waals surface area contributed by atoms with Crippen LogP contribution in [0.4, 0.5) is 5.69 Å². The lowest BCUT2D eigenvalue weighted by atomic mass is 10.2. The summed E-state index contributed by atoms with van der Waals surface area (Å²) in [6.07, 6.45) is 2.39. The summed E-state index contributed by atoms with van der Waals surface area (Å²) < 4.78 is 0. The zero-order valence-corrected chi connectivity index (χ0v) is 10.9. The lowest BCUT2D eigenvalue weighted by Crippen LogP contribution is -2.34. The minimum absolute atomic E-state index is 0.159. The Morgan fingerprint density at radius 1 is 1.56 bits per heavy atom. The summed E-state index contributed by atoms with van der Waals surface area (Å²) in [4.78, 5) is 15.9. The van der Waals surface area contributed by atoms with Gasteiger partial charge in [-0.1, -0.05) is 19.1 Å². The molecule has 94 valence electrons. The summed E-state index contributed by atoms with van der Waals surface area (Å²) in [6.45, 7) is 1.89. The second kappa shape index (κ2) is 5.75. The first-order valence-corrected chi connectivity index (χ1v) is 6.65. The van der Waals surface area contributed by atoms with Crippen LogP contribution in [0.15, 0.2) is 35.8 Å². The highest BCUT2D eigenvalue weighted by Crippen LogP contribution is 2.24. The quantitative estimate of drug-likeness (QED) is 0.888. The molecule has 0 fully saturated rings. The van der Waals surface area contributed by atoms with Crippen LogP contribution >= 0.6 is 11.3 Å². The van der Waals surface area contributed by atoms with Gasteiger partial charge in [0, 0.05) is 22.8 Å². The molecule has 0 radical (unpaired) electrons. The van der Waals surface area contributed by atoms with Crippen LogP contribution in [-0.4, -0.2) is 16.9 Å². The number of anilines is 1. The minimum atomic E-state index is -0.464. The molecule has 1 heterocycles. The summed E-state index contributed by atoms with van der Waals surface area (Å²) in [6, 6.07) is 7.14. The number of aromatic nitrogens is 1. The molecule has 1 aromatic heterocycles. The topological polar surface area (TPSA) is 68.0 Å². The number of amides is 1. The van der Waals surface area contributed by atoms with E-state index in [1.807, 2.05) is 36.6 Å². The van der Waals surface area contributed by atoms with Gasteiger partial charge in [-0.05, 0) is 18.6 Å². The van der Waals surface area contributed by atoms with Crippen LogP contribution in [0.1, 0.15) is 13.3 Å². The minimum Gasteiger partial charge on any atom is -0.325 e. The number of rotatable bonds is 4. The van der Waals surface area contributed by atoms with E-state index in [0.29, 0.717) is 6.42 Å². The van der Waals surface area contributed by atoms with E-state index in [-0.39, 0.29) is 5.91 Å². The van der Waals surface area contributed by atoms with Gasteiger partial charge < -0.3 is 11.1 Å². The Hall–Kier alpha value is -1.72. The predicted molar refractivity (Wildman–Crippen MR) is 74.4 cm³/mol. The predicted octanol–water partition coefficient (Wildman–Crippen LogP) is 2.49. The fourth-order valence-electron chi connectivity index (χ4n) is 1.52.